The van der Waals surface area contributed by atoms with Crippen LogP contribution in [0, 0.1) is 0 Å². The molecule has 8 heteroatoms. The van der Waals surface area contributed by atoms with Crippen molar-refractivity contribution in [2.24, 2.45) is 0 Å². The van der Waals surface area contributed by atoms with Gasteiger partial charge in [0.1, 0.15) is 18.0 Å². The highest BCUT2D eigenvalue weighted by atomic mass is 16.5. The molecule has 1 rings (SSSR count). The number of hydrogen-bond donors (Lipinski definition) is 1. The van der Waals surface area contributed by atoms with Gasteiger partial charge < -0.3 is 24.4 Å². The number of hydrogen-bond acceptors (Lipinski definition) is 6. The van der Waals surface area contributed by atoms with Crippen molar-refractivity contribution in [2.75, 3.05) is 20.8 Å². The molecule has 156 valence electrons. The third kappa shape index (κ3) is 6.44. The molecule has 0 aliphatic rings. The van der Waals surface area contributed by atoms with Gasteiger partial charge in [-0.3, -0.25) is 14.4 Å². The average molecular weight is 394 g/mol. The molecule has 1 aromatic rings. The second-order valence-corrected chi connectivity index (χ2v) is 6.85. The Balaban J connectivity index is 2.67. The summed E-state index contributed by atoms with van der Waals surface area (Å²) in [7, 11) is 2.95. The monoisotopic (exact) mass is 394 g/mol. The summed E-state index contributed by atoms with van der Waals surface area (Å²) in [4.78, 5) is 38.5. The Hall–Kier alpha value is -2.77. The summed E-state index contributed by atoms with van der Waals surface area (Å²) in [6.07, 6.45) is -0.939. The third-order valence-corrected chi connectivity index (χ3v) is 4.03. The maximum atomic E-state index is 12.5. The van der Waals surface area contributed by atoms with Crippen LogP contribution in [0.1, 0.15) is 45.0 Å². The zero-order valence-electron chi connectivity index (χ0n) is 17.6. The minimum Gasteiger partial charge on any atom is -0.497 e. The Labute approximate surface area is 166 Å². The maximum absolute atomic E-state index is 12.5. The first-order valence-corrected chi connectivity index (χ1v) is 9.13. The molecule has 0 spiro atoms. The molecule has 1 atom stereocenters. The summed E-state index contributed by atoms with van der Waals surface area (Å²) in [5.41, 5.74) is 0.277. The number of benzene rings is 1. The molecule has 2 amide bonds. The van der Waals surface area contributed by atoms with E-state index in [4.69, 9.17) is 14.2 Å². The second kappa shape index (κ2) is 10.5. The van der Waals surface area contributed by atoms with Crippen LogP contribution >= 0.6 is 0 Å². The number of rotatable bonds is 9. The Bertz CT molecular complexity index is 672. The van der Waals surface area contributed by atoms with E-state index in [0.717, 1.165) is 0 Å². The van der Waals surface area contributed by atoms with Crippen LogP contribution in [0.3, 0.4) is 0 Å². The van der Waals surface area contributed by atoms with E-state index in [0.29, 0.717) is 11.5 Å². The van der Waals surface area contributed by atoms with Gasteiger partial charge in [0.15, 0.2) is 6.10 Å². The molecule has 0 saturated carbocycles. The molecular formula is C20H30N2O6. The predicted molar refractivity (Wildman–Crippen MR) is 105 cm³/mol. The first-order valence-electron chi connectivity index (χ1n) is 9.13. The van der Waals surface area contributed by atoms with Crippen molar-refractivity contribution < 1.29 is 28.6 Å². The molecule has 0 aliphatic carbocycles. The van der Waals surface area contributed by atoms with Gasteiger partial charge in [0.25, 0.3) is 11.8 Å². The number of methoxy groups -OCH3 is 2. The summed E-state index contributed by atoms with van der Waals surface area (Å²) < 4.78 is 15.4. The number of ether oxygens (including phenoxy) is 3. The molecule has 0 aromatic heterocycles. The first kappa shape index (κ1) is 23.3. The topological polar surface area (TPSA) is 94.2 Å². The zero-order chi connectivity index (χ0) is 21.4. The summed E-state index contributed by atoms with van der Waals surface area (Å²) >= 11 is 0. The van der Waals surface area contributed by atoms with E-state index >= 15 is 0 Å². The minimum absolute atomic E-state index is 0.0172. The number of nitrogens with zero attached hydrogens (tertiary/aromatic N) is 1. The number of carbonyl (C=O) groups is 3. The van der Waals surface area contributed by atoms with E-state index in [1.54, 1.807) is 11.0 Å². The molecule has 0 saturated heterocycles. The average Bonchev–Trinajstić information content (AvgIpc) is 2.64. The van der Waals surface area contributed by atoms with Crippen LogP contribution in [0.2, 0.25) is 0 Å². The standard InChI is InChI=1S/C20H30N2O6/c1-12(2)22(13(3)4)20(25)14(5)28-18(23)11-21-19(24)15-8-16(26-6)10-17(9-15)27-7/h8-10,12-14H,11H2,1-7H3,(H,21,24)/t14-/m0/s1. The van der Waals surface area contributed by atoms with E-state index in [-0.39, 0.29) is 30.1 Å². The highest BCUT2D eigenvalue weighted by molar-refractivity contribution is 5.97. The van der Waals surface area contributed by atoms with Crippen LogP contribution in [0.4, 0.5) is 0 Å². The van der Waals surface area contributed by atoms with Gasteiger partial charge in [-0.05, 0) is 46.8 Å². The van der Waals surface area contributed by atoms with Gasteiger partial charge >= 0.3 is 5.97 Å². The first-order chi connectivity index (χ1) is 13.1. The van der Waals surface area contributed by atoms with E-state index in [1.807, 2.05) is 27.7 Å². The van der Waals surface area contributed by atoms with Crippen molar-refractivity contribution in [1.29, 1.82) is 0 Å². The smallest absolute Gasteiger partial charge is 0.326 e. The molecule has 0 heterocycles. The summed E-state index contributed by atoms with van der Waals surface area (Å²) in [6.45, 7) is 8.75. The number of nitrogens with one attached hydrogen (secondary N) is 1. The van der Waals surface area contributed by atoms with Crippen molar-refractivity contribution in [1.82, 2.24) is 10.2 Å². The molecule has 0 fully saturated rings. The van der Waals surface area contributed by atoms with Gasteiger partial charge in [0, 0.05) is 23.7 Å². The Kier molecular flexibility index (Phi) is 8.76. The molecule has 0 unspecified atom stereocenters. The van der Waals surface area contributed by atoms with Crippen LogP contribution in [-0.2, 0) is 14.3 Å². The highest BCUT2D eigenvalue weighted by Gasteiger charge is 2.27. The zero-order valence-corrected chi connectivity index (χ0v) is 17.6. The highest BCUT2D eigenvalue weighted by Crippen LogP contribution is 2.22. The normalized spacial score (nSPS) is 11.8. The minimum atomic E-state index is -0.939. The number of amides is 2. The third-order valence-electron chi connectivity index (χ3n) is 4.03. The van der Waals surface area contributed by atoms with Crippen molar-refractivity contribution in [3.8, 4) is 11.5 Å². The maximum Gasteiger partial charge on any atom is 0.326 e. The van der Waals surface area contributed by atoms with Crippen LogP contribution in [0.5, 0.6) is 11.5 Å². The number of carbonyl (C=O) groups excluding carboxylic acids is 3. The Morgan fingerprint density at radius 2 is 1.43 bits per heavy atom. The van der Waals surface area contributed by atoms with Gasteiger partial charge in [-0.1, -0.05) is 0 Å². The molecular weight excluding hydrogens is 364 g/mol. The molecule has 8 nitrogen and oxygen atoms in total. The molecule has 0 aliphatic heterocycles. The fourth-order valence-corrected chi connectivity index (χ4v) is 2.80. The largest absolute Gasteiger partial charge is 0.497 e. The Morgan fingerprint density at radius 3 is 1.86 bits per heavy atom. The second-order valence-electron chi connectivity index (χ2n) is 6.85. The lowest BCUT2D eigenvalue weighted by Crippen LogP contribution is -2.48. The van der Waals surface area contributed by atoms with Gasteiger partial charge in [0.05, 0.1) is 14.2 Å². The van der Waals surface area contributed by atoms with Crippen molar-refractivity contribution in [3.05, 3.63) is 23.8 Å². The van der Waals surface area contributed by atoms with Crippen LogP contribution < -0.4 is 14.8 Å². The van der Waals surface area contributed by atoms with Gasteiger partial charge in [-0.2, -0.15) is 0 Å². The van der Waals surface area contributed by atoms with Crippen LogP contribution in [0.15, 0.2) is 18.2 Å². The fraction of sp³-hybridized carbons (Fsp3) is 0.550. The predicted octanol–water partition coefficient (Wildman–Crippen LogP) is 2.01. The number of esters is 1. The molecule has 1 aromatic carbocycles. The molecule has 0 radical (unpaired) electrons. The van der Waals surface area contributed by atoms with Crippen molar-refractivity contribution in [3.63, 3.8) is 0 Å². The SMILES string of the molecule is COc1cc(OC)cc(C(=O)NCC(=O)O[C@@H](C)C(=O)N(C(C)C)C(C)C)c1. The van der Waals surface area contributed by atoms with E-state index < -0.39 is 18.0 Å². The molecule has 0 bridgehead atoms. The molecule has 28 heavy (non-hydrogen) atoms. The fourth-order valence-electron chi connectivity index (χ4n) is 2.80. The van der Waals surface area contributed by atoms with Gasteiger partial charge in [0.2, 0.25) is 0 Å². The van der Waals surface area contributed by atoms with Crippen LogP contribution in [-0.4, -0.2) is 61.6 Å². The quantitative estimate of drug-likeness (QED) is 0.644. The van der Waals surface area contributed by atoms with Crippen LogP contribution in [0.25, 0.3) is 0 Å². The lowest BCUT2D eigenvalue weighted by Gasteiger charge is -2.32. The summed E-state index contributed by atoms with van der Waals surface area (Å²) in [5, 5.41) is 2.47. The van der Waals surface area contributed by atoms with E-state index in [1.165, 1.54) is 33.3 Å². The Morgan fingerprint density at radius 1 is 0.929 bits per heavy atom. The lowest BCUT2D eigenvalue weighted by molar-refractivity contribution is -0.160. The van der Waals surface area contributed by atoms with E-state index in [9.17, 15) is 14.4 Å². The summed E-state index contributed by atoms with van der Waals surface area (Å²) in [5.74, 6) is -0.555. The van der Waals surface area contributed by atoms with Gasteiger partial charge in [-0.15, -0.1) is 0 Å². The van der Waals surface area contributed by atoms with Crippen molar-refractivity contribution >= 4 is 17.8 Å². The van der Waals surface area contributed by atoms with E-state index in [2.05, 4.69) is 5.32 Å². The van der Waals surface area contributed by atoms with Crippen molar-refractivity contribution in [2.45, 2.75) is 52.8 Å². The molecule has 1 N–H and O–H groups in total. The lowest BCUT2D eigenvalue weighted by atomic mass is 10.2. The summed E-state index contributed by atoms with van der Waals surface area (Å²) in [6, 6.07) is 4.65. The van der Waals surface area contributed by atoms with Gasteiger partial charge in [-0.25, -0.2) is 0 Å².